The van der Waals surface area contributed by atoms with Crippen LogP contribution in [0.5, 0.6) is 0 Å². The standard InChI is InChI=1S/C11H10ClFN2O2/c12-8-2-1-3-9(13)7(8)4-5-11(17)15-6-10(14)16/h1-5H,6H2,(H2,14,16)(H,15,17). The Bertz CT molecular complexity index is 454. The molecule has 0 aliphatic heterocycles. The maximum absolute atomic E-state index is 13.3. The minimum absolute atomic E-state index is 0.114. The Kier molecular flexibility index (Phi) is 4.66. The van der Waals surface area contributed by atoms with Crippen molar-refractivity contribution < 1.29 is 14.0 Å². The number of carbonyl (C=O) groups is 2. The van der Waals surface area contributed by atoms with Crippen molar-refractivity contribution >= 4 is 29.5 Å². The molecule has 0 heterocycles. The van der Waals surface area contributed by atoms with Gasteiger partial charge in [-0.25, -0.2) is 4.39 Å². The van der Waals surface area contributed by atoms with E-state index >= 15 is 0 Å². The Labute approximate surface area is 102 Å². The first-order valence-electron chi connectivity index (χ1n) is 4.69. The number of nitrogens with one attached hydrogen (secondary N) is 1. The van der Waals surface area contributed by atoms with Crippen LogP contribution in [0, 0.1) is 5.82 Å². The number of carbonyl (C=O) groups excluding carboxylic acids is 2. The molecular weight excluding hydrogens is 247 g/mol. The molecule has 4 nitrogen and oxygen atoms in total. The number of amides is 2. The third-order valence-electron chi connectivity index (χ3n) is 1.84. The Morgan fingerprint density at radius 1 is 1.47 bits per heavy atom. The van der Waals surface area contributed by atoms with Gasteiger partial charge in [0.1, 0.15) is 5.82 Å². The second kappa shape index (κ2) is 6.00. The zero-order valence-electron chi connectivity index (χ0n) is 8.74. The van der Waals surface area contributed by atoms with E-state index in [1.165, 1.54) is 24.3 Å². The Morgan fingerprint density at radius 3 is 2.76 bits per heavy atom. The van der Waals surface area contributed by atoms with Gasteiger partial charge in [0.15, 0.2) is 0 Å². The average molecular weight is 257 g/mol. The quantitative estimate of drug-likeness (QED) is 0.792. The van der Waals surface area contributed by atoms with E-state index in [-0.39, 0.29) is 17.1 Å². The molecule has 0 atom stereocenters. The molecule has 90 valence electrons. The predicted octanol–water partition coefficient (Wildman–Crippen LogP) is 1.09. The van der Waals surface area contributed by atoms with Crippen molar-refractivity contribution in [3.63, 3.8) is 0 Å². The Hall–Kier alpha value is -1.88. The van der Waals surface area contributed by atoms with Crippen LogP contribution < -0.4 is 11.1 Å². The summed E-state index contributed by atoms with van der Waals surface area (Å²) in [7, 11) is 0. The van der Waals surface area contributed by atoms with Gasteiger partial charge in [-0.1, -0.05) is 17.7 Å². The molecule has 1 rings (SSSR count). The molecule has 0 aromatic heterocycles. The van der Waals surface area contributed by atoms with Crippen LogP contribution >= 0.6 is 11.6 Å². The van der Waals surface area contributed by atoms with Gasteiger partial charge >= 0.3 is 0 Å². The third-order valence-corrected chi connectivity index (χ3v) is 2.17. The van der Waals surface area contributed by atoms with Crippen molar-refractivity contribution in [2.45, 2.75) is 0 Å². The Balaban J connectivity index is 2.70. The number of hydrogen-bond acceptors (Lipinski definition) is 2. The van der Waals surface area contributed by atoms with E-state index in [0.717, 1.165) is 6.08 Å². The van der Waals surface area contributed by atoms with E-state index in [2.05, 4.69) is 5.32 Å². The average Bonchev–Trinajstić information content (AvgIpc) is 2.25. The zero-order chi connectivity index (χ0) is 12.8. The Morgan fingerprint density at radius 2 is 2.18 bits per heavy atom. The summed E-state index contributed by atoms with van der Waals surface area (Å²) in [4.78, 5) is 21.6. The van der Waals surface area contributed by atoms with Crippen LogP contribution in [0.15, 0.2) is 24.3 Å². The summed E-state index contributed by atoms with van der Waals surface area (Å²) in [6.07, 6.45) is 2.31. The molecule has 0 aliphatic rings. The van der Waals surface area contributed by atoms with E-state index < -0.39 is 17.6 Å². The highest BCUT2D eigenvalue weighted by molar-refractivity contribution is 6.32. The fourth-order valence-electron chi connectivity index (χ4n) is 1.06. The van der Waals surface area contributed by atoms with E-state index in [1.807, 2.05) is 0 Å². The molecule has 0 bridgehead atoms. The van der Waals surface area contributed by atoms with Crippen molar-refractivity contribution in [2.24, 2.45) is 5.73 Å². The van der Waals surface area contributed by atoms with Gasteiger partial charge in [0.2, 0.25) is 11.8 Å². The molecule has 1 aromatic carbocycles. The topological polar surface area (TPSA) is 72.2 Å². The van der Waals surface area contributed by atoms with Crippen LogP contribution in [0.3, 0.4) is 0 Å². The molecule has 0 saturated heterocycles. The predicted molar refractivity (Wildman–Crippen MR) is 62.6 cm³/mol. The summed E-state index contributed by atoms with van der Waals surface area (Å²) < 4.78 is 13.3. The van der Waals surface area contributed by atoms with Crippen LogP contribution in [0.25, 0.3) is 6.08 Å². The SMILES string of the molecule is NC(=O)CNC(=O)C=Cc1c(F)cccc1Cl. The lowest BCUT2D eigenvalue weighted by Gasteiger charge is -2.00. The molecular formula is C11H10ClFN2O2. The summed E-state index contributed by atoms with van der Waals surface area (Å²) in [6, 6.07) is 4.20. The van der Waals surface area contributed by atoms with Gasteiger partial charge in [0, 0.05) is 11.6 Å². The molecule has 3 N–H and O–H groups in total. The van der Waals surface area contributed by atoms with Gasteiger partial charge in [0.25, 0.3) is 0 Å². The summed E-state index contributed by atoms with van der Waals surface area (Å²) in [5.74, 6) is -1.74. The summed E-state index contributed by atoms with van der Waals surface area (Å²) >= 11 is 5.74. The summed E-state index contributed by atoms with van der Waals surface area (Å²) in [5, 5.41) is 2.42. The van der Waals surface area contributed by atoms with E-state index in [4.69, 9.17) is 17.3 Å². The third kappa shape index (κ3) is 4.24. The first-order chi connectivity index (χ1) is 8.00. The van der Waals surface area contributed by atoms with Crippen LogP contribution in [0.2, 0.25) is 5.02 Å². The van der Waals surface area contributed by atoms with Crippen LogP contribution in [0.1, 0.15) is 5.56 Å². The highest BCUT2D eigenvalue weighted by Gasteiger charge is 2.04. The lowest BCUT2D eigenvalue weighted by Crippen LogP contribution is -2.32. The first kappa shape index (κ1) is 13.2. The molecule has 17 heavy (non-hydrogen) atoms. The number of halogens is 2. The minimum Gasteiger partial charge on any atom is -0.368 e. The molecule has 0 unspecified atom stereocenters. The molecule has 0 saturated carbocycles. The largest absolute Gasteiger partial charge is 0.368 e. The smallest absolute Gasteiger partial charge is 0.244 e. The molecule has 0 spiro atoms. The van der Waals surface area contributed by atoms with Crippen molar-refractivity contribution in [2.75, 3.05) is 6.54 Å². The minimum atomic E-state index is -0.657. The monoisotopic (exact) mass is 256 g/mol. The number of hydrogen-bond donors (Lipinski definition) is 2. The fraction of sp³-hybridized carbons (Fsp3) is 0.0909. The summed E-state index contributed by atoms with van der Waals surface area (Å²) in [5.41, 5.74) is 4.95. The fourth-order valence-corrected chi connectivity index (χ4v) is 1.29. The van der Waals surface area contributed by atoms with Gasteiger partial charge in [-0.3, -0.25) is 9.59 Å². The van der Waals surface area contributed by atoms with Crippen LogP contribution in [-0.4, -0.2) is 18.4 Å². The highest BCUT2D eigenvalue weighted by Crippen LogP contribution is 2.19. The maximum Gasteiger partial charge on any atom is 0.244 e. The van der Waals surface area contributed by atoms with Crippen molar-refractivity contribution in [1.29, 1.82) is 0 Å². The van der Waals surface area contributed by atoms with Crippen molar-refractivity contribution in [3.05, 3.63) is 40.7 Å². The van der Waals surface area contributed by atoms with Gasteiger partial charge in [0.05, 0.1) is 11.6 Å². The van der Waals surface area contributed by atoms with Crippen molar-refractivity contribution in [3.8, 4) is 0 Å². The van der Waals surface area contributed by atoms with Crippen LogP contribution in [-0.2, 0) is 9.59 Å². The number of rotatable bonds is 4. The molecule has 0 fully saturated rings. The molecule has 0 radical (unpaired) electrons. The van der Waals surface area contributed by atoms with Crippen molar-refractivity contribution in [1.82, 2.24) is 5.32 Å². The van der Waals surface area contributed by atoms with Gasteiger partial charge in [-0.2, -0.15) is 0 Å². The number of nitrogens with two attached hydrogens (primary N) is 1. The molecule has 1 aromatic rings. The number of primary amides is 1. The summed E-state index contributed by atoms with van der Waals surface area (Å²) in [6.45, 7) is -0.270. The van der Waals surface area contributed by atoms with Crippen LogP contribution in [0.4, 0.5) is 4.39 Å². The normalized spacial score (nSPS) is 10.5. The van der Waals surface area contributed by atoms with E-state index in [9.17, 15) is 14.0 Å². The lowest BCUT2D eigenvalue weighted by molar-refractivity contribution is -0.122. The van der Waals surface area contributed by atoms with Gasteiger partial charge in [-0.05, 0) is 18.2 Å². The first-order valence-corrected chi connectivity index (χ1v) is 5.06. The van der Waals surface area contributed by atoms with Gasteiger partial charge in [-0.15, -0.1) is 0 Å². The zero-order valence-corrected chi connectivity index (χ0v) is 9.50. The second-order valence-corrected chi connectivity index (χ2v) is 3.56. The maximum atomic E-state index is 13.3. The van der Waals surface area contributed by atoms with Gasteiger partial charge < -0.3 is 11.1 Å². The van der Waals surface area contributed by atoms with E-state index in [0.29, 0.717) is 0 Å². The lowest BCUT2D eigenvalue weighted by atomic mass is 10.2. The molecule has 2 amide bonds. The second-order valence-electron chi connectivity index (χ2n) is 3.15. The van der Waals surface area contributed by atoms with E-state index in [1.54, 1.807) is 0 Å². The highest BCUT2D eigenvalue weighted by atomic mass is 35.5. The number of benzene rings is 1. The molecule has 0 aliphatic carbocycles. The molecule has 6 heteroatoms.